The predicted octanol–water partition coefficient (Wildman–Crippen LogP) is 5.50. The maximum absolute atomic E-state index is 14.2. The third kappa shape index (κ3) is 7.37. The van der Waals surface area contributed by atoms with E-state index in [1.54, 1.807) is 30.5 Å². The third-order valence-corrected chi connectivity index (χ3v) is 5.89. The van der Waals surface area contributed by atoms with Crippen molar-refractivity contribution in [1.29, 1.82) is 0 Å². The molecular formula is C25H25ClF4N6O2. The number of pyridine rings is 1. The molecule has 0 saturated heterocycles. The molecule has 8 nitrogen and oxygen atoms in total. The fourth-order valence-corrected chi connectivity index (χ4v) is 3.85. The van der Waals surface area contributed by atoms with Crippen LogP contribution in [0.25, 0.3) is 22.2 Å². The van der Waals surface area contributed by atoms with Crippen molar-refractivity contribution in [3.8, 4) is 11.4 Å². The van der Waals surface area contributed by atoms with Gasteiger partial charge in [0.05, 0.1) is 27.9 Å². The largest absolute Gasteiger partial charge is 0.423 e. The van der Waals surface area contributed by atoms with Crippen LogP contribution in [0.3, 0.4) is 0 Å². The molecule has 0 atom stereocenters. The van der Waals surface area contributed by atoms with Gasteiger partial charge in [0.1, 0.15) is 11.4 Å². The van der Waals surface area contributed by atoms with Gasteiger partial charge < -0.3 is 10.3 Å². The topological polar surface area (TPSA) is 120 Å². The van der Waals surface area contributed by atoms with Crippen LogP contribution in [0.1, 0.15) is 44.1 Å². The lowest BCUT2D eigenvalue weighted by Gasteiger charge is -2.06. The summed E-state index contributed by atoms with van der Waals surface area (Å²) in [5.74, 6) is -0.308. The molecule has 202 valence electrons. The van der Waals surface area contributed by atoms with E-state index < -0.39 is 28.8 Å². The Bertz CT molecular complexity index is 1490. The van der Waals surface area contributed by atoms with E-state index in [-0.39, 0.29) is 16.9 Å². The molecule has 0 unspecified atom stereocenters. The number of halogens is 5. The Balaban J connectivity index is 0.000000187. The van der Waals surface area contributed by atoms with Gasteiger partial charge in [-0.3, -0.25) is 9.59 Å². The highest BCUT2D eigenvalue weighted by molar-refractivity contribution is 6.30. The Labute approximate surface area is 219 Å². The lowest BCUT2D eigenvalue weighted by molar-refractivity contribution is -0.138. The fourth-order valence-electron chi connectivity index (χ4n) is 3.75. The summed E-state index contributed by atoms with van der Waals surface area (Å²) in [6.45, 7) is 0. The number of anilines is 1. The van der Waals surface area contributed by atoms with Crippen LogP contribution in [0.4, 0.5) is 23.2 Å². The molecule has 1 aromatic carbocycles. The second-order valence-corrected chi connectivity index (χ2v) is 8.96. The van der Waals surface area contributed by atoms with Crippen molar-refractivity contribution in [2.45, 2.75) is 44.7 Å². The quantitative estimate of drug-likeness (QED) is 0.301. The first-order chi connectivity index (χ1) is 18.0. The first kappa shape index (κ1) is 28.8. The standard InChI is InChI=1S/C14H9ClFN3O.C6H12.C5H4F3N3O/c1-19-3-2-8-4-11(12(16)5-10(8)14(19)20)13-17-6-9(15)7-18-13;1-2-4-6-5-3-1;6-5(7,8)3-2(9)1-10-11-4(3)12/h2-7H,1H3;1-6H2;1H,(H3,9,11,12). The lowest BCUT2D eigenvalue weighted by Crippen LogP contribution is -2.24. The van der Waals surface area contributed by atoms with Crippen LogP contribution in [0.5, 0.6) is 0 Å². The molecule has 3 heterocycles. The number of hydrogen-bond donors (Lipinski definition) is 2. The van der Waals surface area contributed by atoms with Crippen LogP contribution in [0.2, 0.25) is 5.02 Å². The maximum Gasteiger partial charge on any atom is 0.423 e. The number of hydrogen-bond acceptors (Lipinski definition) is 6. The molecule has 0 amide bonds. The van der Waals surface area contributed by atoms with Crippen molar-refractivity contribution >= 4 is 28.1 Å². The number of fused-ring (bicyclic) bond motifs is 1. The molecular weight excluding hydrogens is 528 g/mol. The van der Waals surface area contributed by atoms with Crippen LogP contribution in [0.15, 0.2) is 52.6 Å². The highest BCUT2D eigenvalue weighted by Crippen LogP contribution is 2.29. The van der Waals surface area contributed by atoms with Crippen LogP contribution in [0, 0.1) is 5.82 Å². The van der Waals surface area contributed by atoms with Gasteiger partial charge in [0, 0.05) is 25.6 Å². The van der Waals surface area contributed by atoms with Gasteiger partial charge in [0.2, 0.25) is 0 Å². The molecule has 0 bridgehead atoms. The highest BCUT2D eigenvalue weighted by Gasteiger charge is 2.36. The smallest absolute Gasteiger partial charge is 0.397 e. The minimum atomic E-state index is -4.74. The molecule has 13 heteroatoms. The van der Waals surface area contributed by atoms with E-state index in [9.17, 15) is 27.2 Å². The van der Waals surface area contributed by atoms with Gasteiger partial charge in [-0.2, -0.15) is 18.3 Å². The van der Waals surface area contributed by atoms with Crippen LogP contribution < -0.4 is 16.9 Å². The summed E-state index contributed by atoms with van der Waals surface area (Å²) in [7, 11) is 1.62. The number of nitrogens with zero attached hydrogens (tertiary/aromatic N) is 4. The molecule has 0 radical (unpaired) electrons. The van der Waals surface area contributed by atoms with Gasteiger partial charge in [0.25, 0.3) is 11.1 Å². The zero-order valence-electron chi connectivity index (χ0n) is 20.4. The van der Waals surface area contributed by atoms with E-state index in [4.69, 9.17) is 17.3 Å². The SMILES string of the molecule is C1CCCCC1.Cn1ccc2cc(-c3ncc(Cl)cn3)c(F)cc2c1=O.Nc1cn[nH]c(=O)c1C(F)(F)F. The first-order valence-corrected chi connectivity index (χ1v) is 12.0. The number of alkyl halides is 3. The summed E-state index contributed by atoms with van der Waals surface area (Å²) >= 11 is 5.71. The Kier molecular flexibility index (Phi) is 9.56. The lowest BCUT2D eigenvalue weighted by atomic mass is 10.0. The van der Waals surface area contributed by atoms with Gasteiger partial charge in [-0.15, -0.1) is 0 Å². The predicted molar refractivity (Wildman–Crippen MR) is 137 cm³/mol. The van der Waals surface area contributed by atoms with Gasteiger partial charge in [0.15, 0.2) is 5.82 Å². The molecule has 1 fully saturated rings. The monoisotopic (exact) mass is 552 g/mol. The Morgan fingerprint density at radius 3 is 2.08 bits per heavy atom. The third-order valence-electron chi connectivity index (χ3n) is 5.70. The number of benzene rings is 1. The number of aromatic nitrogens is 5. The molecule has 3 aromatic heterocycles. The van der Waals surface area contributed by atoms with Crippen molar-refractivity contribution in [3.63, 3.8) is 0 Å². The normalized spacial score (nSPS) is 13.2. The fraction of sp³-hybridized carbons (Fsp3) is 0.320. The molecule has 5 rings (SSSR count). The van der Waals surface area contributed by atoms with E-state index >= 15 is 0 Å². The second-order valence-electron chi connectivity index (χ2n) is 8.52. The van der Waals surface area contributed by atoms with E-state index in [0.29, 0.717) is 15.8 Å². The summed E-state index contributed by atoms with van der Waals surface area (Å²) in [4.78, 5) is 30.5. The van der Waals surface area contributed by atoms with Crippen molar-refractivity contribution < 1.29 is 17.6 Å². The zero-order chi connectivity index (χ0) is 27.9. The molecule has 4 aromatic rings. The van der Waals surface area contributed by atoms with E-state index in [2.05, 4.69) is 15.1 Å². The van der Waals surface area contributed by atoms with E-state index in [0.717, 1.165) is 6.20 Å². The second kappa shape index (κ2) is 12.6. The average Bonchev–Trinajstić information content (AvgIpc) is 2.88. The van der Waals surface area contributed by atoms with Gasteiger partial charge >= 0.3 is 6.18 Å². The Morgan fingerprint density at radius 1 is 1.00 bits per heavy atom. The number of nitrogen functional groups attached to an aromatic ring is 1. The number of nitrogens with two attached hydrogens (primary N) is 1. The summed E-state index contributed by atoms with van der Waals surface area (Å²) < 4.78 is 51.5. The van der Waals surface area contributed by atoms with Gasteiger partial charge in [-0.05, 0) is 23.6 Å². The molecule has 1 saturated carbocycles. The van der Waals surface area contributed by atoms with Crippen molar-refractivity contribution in [2.75, 3.05) is 5.73 Å². The van der Waals surface area contributed by atoms with Crippen molar-refractivity contribution in [3.05, 3.63) is 80.1 Å². The first-order valence-electron chi connectivity index (χ1n) is 11.7. The Morgan fingerprint density at radius 2 is 1.58 bits per heavy atom. The number of aromatic amines is 1. The molecule has 38 heavy (non-hydrogen) atoms. The van der Waals surface area contributed by atoms with Crippen LogP contribution >= 0.6 is 11.6 Å². The van der Waals surface area contributed by atoms with E-state index in [1.165, 1.54) is 61.6 Å². The molecule has 3 N–H and O–H groups in total. The number of rotatable bonds is 1. The van der Waals surface area contributed by atoms with E-state index in [1.807, 2.05) is 0 Å². The number of H-pyrrole nitrogens is 1. The van der Waals surface area contributed by atoms with Crippen LogP contribution in [-0.4, -0.2) is 24.7 Å². The number of nitrogens with one attached hydrogen (secondary N) is 1. The van der Waals surface area contributed by atoms with Crippen molar-refractivity contribution in [2.24, 2.45) is 7.05 Å². The summed E-state index contributed by atoms with van der Waals surface area (Å²) in [5, 5.41) is 6.08. The molecule has 0 spiro atoms. The number of aryl methyl sites for hydroxylation is 1. The summed E-state index contributed by atoms with van der Waals surface area (Å²) in [5.41, 5.74) is 1.49. The average molecular weight is 553 g/mol. The molecule has 1 aliphatic carbocycles. The summed E-state index contributed by atoms with van der Waals surface area (Å²) in [6, 6.07) is 4.52. The van der Waals surface area contributed by atoms with Crippen molar-refractivity contribution in [1.82, 2.24) is 24.7 Å². The van der Waals surface area contributed by atoms with Crippen LogP contribution in [-0.2, 0) is 13.2 Å². The minimum absolute atomic E-state index is 0.231. The summed E-state index contributed by atoms with van der Waals surface area (Å²) in [6.07, 6.45) is 9.44. The Hall–Kier alpha value is -3.80. The van der Waals surface area contributed by atoms with Gasteiger partial charge in [-0.25, -0.2) is 19.5 Å². The molecule has 1 aliphatic rings. The zero-order valence-corrected chi connectivity index (χ0v) is 21.1. The molecule has 0 aliphatic heterocycles. The highest BCUT2D eigenvalue weighted by atomic mass is 35.5. The van der Waals surface area contributed by atoms with Gasteiger partial charge in [-0.1, -0.05) is 50.1 Å². The maximum atomic E-state index is 14.2. The minimum Gasteiger partial charge on any atom is -0.397 e.